The van der Waals surface area contributed by atoms with E-state index in [1.165, 1.54) is 5.56 Å². The molecular weight excluding hydrogens is 262 g/mol. The standard InChI is InChI=1S/C16H19N5/c1-18-16-10-14(5-8-20-16)12-21(9-3-6-17)13-15-4-2-7-19-11-15/h2,4-5,7-8,10-11H,3,9,12-13H2,1H3,(H,18,20). The minimum absolute atomic E-state index is 0.518. The first kappa shape index (κ1) is 14.9. The number of aromatic nitrogens is 2. The van der Waals surface area contributed by atoms with E-state index in [1.807, 2.05) is 31.4 Å². The molecule has 0 bridgehead atoms. The highest BCUT2D eigenvalue weighted by Gasteiger charge is 2.08. The number of hydrogen-bond acceptors (Lipinski definition) is 5. The summed E-state index contributed by atoms with van der Waals surface area (Å²) in [4.78, 5) is 10.6. The van der Waals surface area contributed by atoms with Gasteiger partial charge in [0.05, 0.1) is 6.07 Å². The average Bonchev–Trinajstić information content (AvgIpc) is 2.54. The summed E-state index contributed by atoms with van der Waals surface area (Å²) >= 11 is 0. The third-order valence-electron chi connectivity index (χ3n) is 3.16. The third kappa shape index (κ3) is 4.86. The van der Waals surface area contributed by atoms with Crippen molar-refractivity contribution in [2.45, 2.75) is 19.5 Å². The van der Waals surface area contributed by atoms with E-state index < -0.39 is 0 Å². The molecular formula is C16H19N5. The van der Waals surface area contributed by atoms with Gasteiger partial charge in [-0.2, -0.15) is 5.26 Å². The summed E-state index contributed by atoms with van der Waals surface area (Å²) in [5.41, 5.74) is 2.33. The van der Waals surface area contributed by atoms with Gasteiger partial charge in [0.25, 0.3) is 0 Å². The van der Waals surface area contributed by atoms with Gasteiger partial charge in [-0.3, -0.25) is 9.88 Å². The molecule has 0 fully saturated rings. The highest BCUT2D eigenvalue weighted by molar-refractivity contribution is 5.36. The van der Waals surface area contributed by atoms with Crippen molar-refractivity contribution in [2.75, 3.05) is 18.9 Å². The van der Waals surface area contributed by atoms with E-state index in [1.54, 1.807) is 12.4 Å². The molecule has 2 rings (SSSR count). The molecule has 0 aliphatic carbocycles. The molecule has 108 valence electrons. The Balaban J connectivity index is 2.06. The first-order valence-corrected chi connectivity index (χ1v) is 6.92. The van der Waals surface area contributed by atoms with Crippen LogP contribution in [-0.2, 0) is 13.1 Å². The van der Waals surface area contributed by atoms with E-state index in [2.05, 4.69) is 32.3 Å². The predicted molar refractivity (Wildman–Crippen MR) is 82.4 cm³/mol. The minimum Gasteiger partial charge on any atom is -0.373 e. The van der Waals surface area contributed by atoms with Crippen LogP contribution in [-0.4, -0.2) is 28.5 Å². The van der Waals surface area contributed by atoms with Crippen molar-refractivity contribution in [1.29, 1.82) is 5.26 Å². The van der Waals surface area contributed by atoms with Crippen LogP contribution < -0.4 is 5.32 Å². The number of nitriles is 1. The van der Waals surface area contributed by atoms with Gasteiger partial charge in [-0.15, -0.1) is 0 Å². The summed E-state index contributed by atoms with van der Waals surface area (Å²) in [6, 6.07) is 10.2. The highest BCUT2D eigenvalue weighted by Crippen LogP contribution is 2.12. The number of nitrogens with one attached hydrogen (secondary N) is 1. The zero-order valence-electron chi connectivity index (χ0n) is 12.2. The van der Waals surface area contributed by atoms with Crippen molar-refractivity contribution in [3.05, 3.63) is 54.0 Å². The quantitative estimate of drug-likeness (QED) is 0.844. The molecule has 5 nitrogen and oxygen atoms in total. The Kier molecular flexibility index (Phi) is 5.68. The molecule has 2 aromatic heterocycles. The number of nitrogens with zero attached hydrogens (tertiary/aromatic N) is 4. The molecule has 0 radical (unpaired) electrons. The lowest BCUT2D eigenvalue weighted by Crippen LogP contribution is -2.24. The highest BCUT2D eigenvalue weighted by atomic mass is 15.1. The topological polar surface area (TPSA) is 64.8 Å². The SMILES string of the molecule is CNc1cc(CN(CCC#N)Cc2cccnc2)ccn1. The first-order chi connectivity index (χ1) is 10.3. The molecule has 0 saturated heterocycles. The predicted octanol–water partition coefficient (Wildman–Crippen LogP) is 2.43. The monoisotopic (exact) mass is 281 g/mol. The normalized spacial score (nSPS) is 10.3. The summed E-state index contributed by atoms with van der Waals surface area (Å²) in [6.45, 7) is 2.31. The van der Waals surface area contributed by atoms with Crippen LogP contribution in [0.25, 0.3) is 0 Å². The van der Waals surface area contributed by atoms with Crippen molar-refractivity contribution >= 4 is 5.82 Å². The van der Waals surface area contributed by atoms with Gasteiger partial charge in [0, 0.05) is 51.7 Å². The van der Waals surface area contributed by atoms with Crippen LogP contribution in [0.2, 0.25) is 0 Å². The van der Waals surface area contributed by atoms with E-state index in [4.69, 9.17) is 5.26 Å². The Bertz CT molecular complexity index is 591. The zero-order chi connectivity index (χ0) is 14.9. The van der Waals surface area contributed by atoms with Crippen molar-refractivity contribution in [3.8, 4) is 6.07 Å². The molecule has 0 aliphatic heterocycles. The summed E-state index contributed by atoms with van der Waals surface area (Å²) in [6.07, 6.45) is 5.95. The Hall–Kier alpha value is -2.45. The van der Waals surface area contributed by atoms with Crippen molar-refractivity contribution < 1.29 is 0 Å². The van der Waals surface area contributed by atoms with E-state index >= 15 is 0 Å². The Labute approximate surface area is 125 Å². The number of hydrogen-bond donors (Lipinski definition) is 1. The molecule has 0 spiro atoms. The first-order valence-electron chi connectivity index (χ1n) is 6.92. The average molecular weight is 281 g/mol. The fourth-order valence-corrected chi connectivity index (χ4v) is 2.14. The second-order valence-corrected chi connectivity index (χ2v) is 4.78. The van der Waals surface area contributed by atoms with Crippen LogP contribution in [0.1, 0.15) is 17.5 Å². The fourth-order valence-electron chi connectivity index (χ4n) is 2.14. The lowest BCUT2D eigenvalue weighted by atomic mass is 10.2. The summed E-state index contributed by atoms with van der Waals surface area (Å²) in [5, 5.41) is 11.9. The van der Waals surface area contributed by atoms with Crippen LogP contribution >= 0.6 is 0 Å². The Morgan fingerprint density at radius 1 is 1.24 bits per heavy atom. The third-order valence-corrected chi connectivity index (χ3v) is 3.16. The van der Waals surface area contributed by atoms with Gasteiger partial charge >= 0.3 is 0 Å². The maximum absolute atomic E-state index is 8.82. The van der Waals surface area contributed by atoms with Gasteiger partial charge in [0.15, 0.2) is 0 Å². The molecule has 0 aromatic carbocycles. The molecule has 2 aromatic rings. The van der Waals surface area contributed by atoms with Crippen LogP contribution in [0, 0.1) is 11.3 Å². The fraction of sp³-hybridized carbons (Fsp3) is 0.312. The Morgan fingerprint density at radius 2 is 2.10 bits per heavy atom. The molecule has 21 heavy (non-hydrogen) atoms. The van der Waals surface area contributed by atoms with E-state index in [0.29, 0.717) is 6.42 Å². The second kappa shape index (κ2) is 7.98. The van der Waals surface area contributed by atoms with E-state index in [-0.39, 0.29) is 0 Å². The Morgan fingerprint density at radius 3 is 2.81 bits per heavy atom. The number of rotatable bonds is 7. The van der Waals surface area contributed by atoms with Gasteiger partial charge in [-0.1, -0.05) is 6.07 Å². The largest absolute Gasteiger partial charge is 0.373 e. The van der Waals surface area contributed by atoms with Crippen molar-refractivity contribution in [2.24, 2.45) is 0 Å². The van der Waals surface area contributed by atoms with Crippen molar-refractivity contribution in [1.82, 2.24) is 14.9 Å². The summed E-state index contributed by atoms with van der Waals surface area (Å²) in [7, 11) is 1.86. The molecule has 0 aliphatic rings. The van der Waals surface area contributed by atoms with Gasteiger partial charge in [-0.25, -0.2) is 4.98 Å². The lowest BCUT2D eigenvalue weighted by molar-refractivity contribution is 0.262. The summed E-state index contributed by atoms with van der Waals surface area (Å²) < 4.78 is 0. The lowest BCUT2D eigenvalue weighted by Gasteiger charge is -2.21. The number of anilines is 1. The molecule has 0 saturated carbocycles. The molecule has 2 heterocycles. The summed E-state index contributed by atoms with van der Waals surface area (Å²) in [5.74, 6) is 0.856. The minimum atomic E-state index is 0.518. The molecule has 0 amide bonds. The van der Waals surface area contributed by atoms with Crippen LogP contribution in [0.3, 0.4) is 0 Å². The molecule has 0 atom stereocenters. The zero-order valence-corrected chi connectivity index (χ0v) is 12.2. The van der Waals surface area contributed by atoms with Gasteiger partial charge < -0.3 is 5.32 Å². The maximum Gasteiger partial charge on any atom is 0.125 e. The van der Waals surface area contributed by atoms with Crippen molar-refractivity contribution in [3.63, 3.8) is 0 Å². The van der Waals surface area contributed by atoms with Crippen LogP contribution in [0.4, 0.5) is 5.82 Å². The second-order valence-electron chi connectivity index (χ2n) is 4.78. The maximum atomic E-state index is 8.82. The molecule has 1 N–H and O–H groups in total. The van der Waals surface area contributed by atoms with E-state index in [9.17, 15) is 0 Å². The van der Waals surface area contributed by atoms with Gasteiger partial charge in [0.2, 0.25) is 0 Å². The van der Waals surface area contributed by atoms with Crippen LogP contribution in [0.5, 0.6) is 0 Å². The van der Waals surface area contributed by atoms with Gasteiger partial charge in [0.1, 0.15) is 5.82 Å². The van der Waals surface area contributed by atoms with Gasteiger partial charge in [-0.05, 0) is 29.3 Å². The molecule has 0 unspecified atom stereocenters. The van der Waals surface area contributed by atoms with Crippen LogP contribution in [0.15, 0.2) is 42.9 Å². The molecule has 5 heteroatoms. The number of pyridine rings is 2. The van der Waals surface area contributed by atoms with E-state index in [0.717, 1.165) is 31.0 Å². The smallest absolute Gasteiger partial charge is 0.125 e.